The molecule has 0 amide bonds. The van der Waals surface area contributed by atoms with Gasteiger partial charge in [-0.05, 0) is 24.1 Å². The molecule has 1 aliphatic heterocycles. The maximum absolute atomic E-state index is 13.9. The Morgan fingerprint density at radius 2 is 2.24 bits per heavy atom. The number of nitrogens with one attached hydrogen (secondary N) is 1. The lowest BCUT2D eigenvalue weighted by atomic mass is 9.99. The van der Waals surface area contributed by atoms with Crippen molar-refractivity contribution in [1.29, 1.82) is 0 Å². The van der Waals surface area contributed by atoms with E-state index in [0.29, 0.717) is 22.7 Å². The topological polar surface area (TPSA) is 15.3 Å². The minimum atomic E-state index is -0.231. The Bertz CT molecular complexity index is 395. The monoisotopic (exact) mass is 256 g/mol. The maximum Gasteiger partial charge on any atom is 0.147 e. The van der Waals surface area contributed by atoms with Crippen molar-refractivity contribution in [1.82, 2.24) is 5.32 Å². The van der Waals surface area contributed by atoms with Gasteiger partial charge in [0.2, 0.25) is 0 Å². The summed E-state index contributed by atoms with van der Waals surface area (Å²) in [5, 5.41) is 3.80. The quantitative estimate of drug-likeness (QED) is 0.875. The third-order valence-corrected chi connectivity index (χ3v) is 3.51. The lowest BCUT2D eigenvalue weighted by molar-refractivity contribution is 0.386. The second kappa shape index (κ2) is 5.23. The Hall–Kier alpha value is -0.800. The van der Waals surface area contributed by atoms with Crippen molar-refractivity contribution < 1.29 is 4.39 Å². The summed E-state index contributed by atoms with van der Waals surface area (Å²) >= 11 is 5.78. The molecule has 1 atom stereocenters. The van der Waals surface area contributed by atoms with Gasteiger partial charge < -0.3 is 10.2 Å². The van der Waals surface area contributed by atoms with Crippen molar-refractivity contribution in [2.24, 2.45) is 5.92 Å². The first kappa shape index (κ1) is 12.7. The van der Waals surface area contributed by atoms with Gasteiger partial charge in [0.15, 0.2) is 0 Å². The Balaban J connectivity index is 2.29. The molecule has 17 heavy (non-hydrogen) atoms. The molecule has 4 heteroatoms. The molecule has 2 nitrogen and oxygen atoms in total. The fourth-order valence-electron chi connectivity index (χ4n) is 2.33. The SMILES string of the molecule is CC(C)C1CNCCN1c1ccc(Cl)cc1F. The zero-order chi connectivity index (χ0) is 12.4. The van der Waals surface area contributed by atoms with E-state index in [-0.39, 0.29) is 5.82 Å². The molecule has 1 aromatic carbocycles. The Morgan fingerprint density at radius 1 is 1.47 bits per heavy atom. The molecule has 0 aromatic heterocycles. The second-order valence-electron chi connectivity index (χ2n) is 4.80. The van der Waals surface area contributed by atoms with Crippen LogP contribution < -0.4 is 10.2 Å². The highest BCUT2D eigenvalue weighted by atomic mass is 35.5. The summed E-state index contributed by atoms with van der Waals surface area (Å²) in [7, 11) is 0. The molecule has 1 N–H and O–H groups in total. The van der Waals surface area contributed by atoms with Gasteiger partial charge in [-0.25, -0.2) is 4.39 Å². The fraction of sp³-hybridized carbons (Fsp3) is 0.538. The van der Waals surface area contributed by atoms with Gasteiger partial charge in [0.05, 0.1) is 5.69 Å². The van der Waals surface area contributed by atoms with Crippen molar-refractivity contribution in [2.45, 2.75) is 19.9 Å². The Kier molecular flexibility index (Phi) is 3.89. The van der Waals surface area contributed by atoms with Crippen molar-refractivity contribution in [3.63, 3.8) is 0 Å². The maximum atomic E-state index is 13.9. The number of nitrogens with zero attached hydrogens (tertiary/aromatic N) is 1. The van der Waals surface area contributed by atoms with Crippen molar-refractivity contribution >= 4 is 17.3 Å². The van der Waals surface area contributed by atoms with Crippen LogP contribution in [-0.2, 0) is 0 Å². The molecule has 1 unspecified atom stereocenters. The summed E-state index contributed by atoms with van der Waals surface area (Å²) in [4.78, 5) is 2.15. The molecule has 1 aromatic rings. The van der Waals surface area contributed by atoms with Gasteiger partial charge in [-0.1, -0.05) is 25.4 Å². The highest BCUT2D eigenvalue weighted by Crippen LogP contribution is 2.27. The normalized spacial score (nSPS) is 21.0. The number of hydrogen-bond donors (Lipinski definition) is 1. The van der Waals surface area contributed by atoms with Crippen LogP contribution in [0.4, 0.5) is 10.1 Å². The summed E-state index contributed by atoms with van der Waals surface area (Å²) in [6.45, 7) is 6.96. The summed E-state index contributed by atoms with van der Waals surface area (Å²) in [5.41, 5.74) is 0.662. The van der Waals surface area contributed by atoms with E-state index < -0.39 is 0 Å². The number of hydrogen-bond acceptors (Lipinski definition) is 2. The molecule has 94 valence electrons. The molecule has 0 radical (unpaired) electrons. The van der Waals surface area contributed by atoms with Crippen LogP contribution >= 0.6 is 11.6 Å². The third kappa shape index (κ3) is 2.72. The predicted molar refractivity (Wildman–Crippen MR) is 70.3 cm³/mol. The first-order valence-corrected chi connectivity index (χ1v) is 6.40. The number of halogens is 2. The Morgan fingerprint density at radius 3 is 2.88 bits per heavy atom. The van der Waals surface area contributed by atoms with Gasteiger partial charge in [-0.2, -0.15) is 0 Å². The molecule has 0 aliphatic carbocycles. The van der Waals surface area contributed by atoms with Crippen LogP contribution in [0, 0.1) is 11.7 Å². The zero-order valence-electron chi connectivity index (χ0n) is 10.2. The average Bonchev–Trinajstić information content (AvgIpc) is 2.29. The highest BCUT2D eigenvalue weighted by molar-refractivity contribution is 6.30. The summed E-state index contributed by atoms with van der Waals surface area (Å²) in [5.74, 6) is 0.253. The van der Waals surface area contributed by atoms with Crippen LogP contribution in [0.1, 0.15) is 13.8 Å². The van der Waals surface area contributed by atoms with Crippen molar-refractivity contribution in [3.05, 3.63) is 29.0 Å². The molecule has 2 rings (SSSR count). The van der Waals surface area contributed by atoms with E-state index in [4.69, 9.17) is 11.6 Å². The van der Waals surface area contributed by atoms with Gasteiger partial charge in [-0.3, -0.25) is 0 Å². The lowest BCUT2D eigenvalue weighted by Crippen LogP contribution is -2.54. The van der Waals surface area contributed by atoms with Crippen LogP contribution in [0.5, 0.6) is 0 Å². The smallest absolute Gasteiger partial charge is 0.147 e. The zero-order valence-corrected chi connectivity index (χ0v) is 11.0. The van der Waals surface area contributed by atoms with E-state index in [0.717, 1.165) is 19.6 Å². The van der Waals surface area contributed by atoms with Crippen LogP contribution in [0.3, 0.4) is 0 Å². The van der Waals surface area contributed by atoms with Gasteiger partial charge in [0, 0.05) is 30.7 Å². The number of piperazine rings is 1. The lowest BCUT2D eigenvalue weighted by Gasteiger charge is -2.40. The number of rotatable bonds is 2. The molecule has 1 aliphatic rings. The molecule has 0 spiro atoms. The van der Waals surface area contributed by atoms with E-state index >= 15 is 0 Å². The second-order valence-corrected chi connectivity index (χ2v) is 5.24. The standard InChI is InChI=1S/C13H18ClFN2/c1-9(2)13-8-16-5-6-17(13)12-4-3-10(14)7-11(12)15/h3-4,7,9,13,16H,5-6,8H2,1-2H3. The van der Waals surface area contributed by atoms with E-state index in [9.17, 15) is 4.39 Å². The van der Waals surface area contributed by atoms with Gasteiger partial charge >= 0.3 is 0 Å². The number of benzene rings is 1. The van der Waals surface area contributed by atoms with Gasteiger partial charge in [-0.15, -0.1) is 0 Å². The molecule has 0 saturated carbocycles. The summed E-state index contributed by atoms with van der Waals surface area (Å²) < 4.78 is 13.9. The molecular weight excluding hydrogens is 239 g/mol. The molecule has 0 bridgehead atoms. The van der Waals surface area contributed by atoms with E-state index in [1.54, 1.807) is 12.1 Å². The number of anilines is 1. The average molecular weight is 257 g/mol. The van der Waals surface area contributed by atoms with Crippen molar-refractivity contribution in [2.75, 3.05) is 24.5 Å². The van der Waals surface area contributed by atoms with Gasteiger partial charge in [0.1, 0.15) is 5.82 Å². The first-order chi connectivity index (χ1) is 8.09. The highest BCUT2D eigenvalue weighted by Gasteiger charge is 2.26. The largest absolute Gasteiger partial charge is 0.363 e. The fourth-order valence-corrected chi connectivity index (χ4v) is 2.49. The molecule has 1 heterocycles. The van der Waals surface area contributed by atoms with E-state index in [1.807, 2.05) is 0 Å². The molecule has 1 saturated heterocycles. The first-order valence-electron chi connectivity index (χ1n) is 6.02. The summed E-state index contributed by atoms with van der Waals surface area (Å²) in [6.07, 6.45) is 0. The van der Waals surface area contributed by atoms with Crippen LogP contribution in [0.25, 0.3) is 0 Å². The minimum Gasteiger partial charge on any atom is -0.363 e. The molecule has 1 fully saturated rings. The molecular formula is C13H18ClFN2. The minimum absolute atomic E-state index is 0.231. The predicted octanol–water partition coefficient (Wildman–Crippen LogP) is 2.91. The van der Waals surface area contributed by atoms with E-state index in [1.165, 1.54) is 6.07 Å². The van der Waals surface area contributed by atoms with Crippen molar-refractivity contribution in [3.8, 4) is 0 Å². The van der Waals surface area contributed by atoms with E-state index in [2.05, 4.69) is 24.1 Å². The van der Waals surface area contributed by atoms with Crippen LogP contribution in [-0.4, -0.2) is 25.7 Å². The van der Waals surface area contributed by atoms with Crippen LogP contribution in [0.2, 0.25) is 5.02 Å². The van der Waals surface area contributed by atoms with Gasteiger partial charge in [0.25, 0.3) is 0 Å². The van der Waals surface area contributed by atoms with Crippen LogP contribution in [0.15, 0.2) is 18.2 Å². The Labute approximate surface area is 107 Å². The summed E-state index contributed by atoms with van der Waals surface area (Å²) in [6, 6.07) is 5.24. The third-order valence-electron chi connectivity index (χ3n) is 3.27.